The summed E-state index contributed by atoms with van der Waals surface area (Å²) < 4.78 is 0. The van der Waals surface area contributed by atoms with Crippen molar-refractivity contribution in [2.24, 2.45) is 5.92 Å². The molecule has 1 aliphatic carbocycles. The number of hydrogen-bond acceptors (Lipinski definition) is 3. The maximum absolute atomic E-state index is 9.89. The molecule has 0 bridgehead atoms. The number of fused-ring (bicyclic) bond motifs is 1. The van der Waals surface area contributed by atoms with Gasteiger partial charge >= 0.3 is 0 Å². The van der Waals surface area contributed by atoms with Crippen molar-refractivity contribution in [1.82, 2.24) is 10.2 Å². The lowest BCUT2D eigenvalue weighted by molar-refractivity contribution is 0.262. The number of hydrogen-bond donors (Lipinski definition) is 2. The second kappa shape index (κ2) is 5.74. The highest BCUT2D eigenvalue weighted by molar-refractivity contribution is 5.44. The monoisotopic (exact) mass is 274 g/mol. The molecule has 2 N–H and O–H groups in total. The van der Waals surface area contributed by atoms with Gasteiger partial charge in [0.25, 0.3) is 0 Å². The molecule has 1 aliphatic heterocycles. The molecule has 2 atom stereocenters. The van der Waals surface area contributed by atoms with Gasteiger partial charge in [0.05, 0.1) is 0 Å². The van der Waals surface area contributed by atoms with Gasteiger partial charge in [0.2, 0.25) is 0 Å². The van der Waals surface area contributed by atoms with E-state index in [2.05, 4.69) is 30.1 Å². The molecule has 0 aromatic heterocycles. The summed E-state index contributed by atoms with van der Waals surface area (Å²) in [5, 5.41) is 13.6. The minimum absolute atomic E-state index is 0.435. The summed E-state index contributed by atoms with van der Waals surface area (Å²) in [4.78, 5) is 2.57. The summed E-state index contributed by atoms with van der Waals surface area (Å²) in [6.45, 7) is 8.14. The van der Waals surface area contributed by atoms with Crippen LogP contribution in [0.4, 0.5) is 0 Å². The lowest BCUT2D eigenvalue weighted by atomic mass is 10.1. The number of phenols is 1. The summed E-state index contributed by atoms with van der Waals surface area (Å²) in [6.07, 6.45) is 3.43. The fraction of sp³-hybridized carbons (Fsp3) is 0.647. The van der Waals surface area contributed by atoms with Crippen molar-refractivity contribution in [3.63, 3.8) is 0 Å². The van der Waals surface area contributed by atoms with Gasteiger partial charge in [-0.1, -0.05) is 12.1 Å². The molecule has 110 valence electrons. The molecule has 1 aromatic carbocycles. The molecule has 1 heterocycles. The molecule has 3 rings (SSSR count). The van der Waals surface area contributed by atoms with Gasteiger partial charge in [0.15, 0.2) is 0 Å². The largest absolute Gasteiger partial charge is 0.508 e. The quantitative estimate of drug-likeness (QED) is 0.886. The van der Waals surface area contributed by atoms with Crippen LogP contribution >= 0.6 is 0 Å². The molecular weight excluding hydrogens is 248 g/mol. The molecule has 0 radical (unpaired) electrons. The van der Waals surface area contributed by atoms with E-state index >= 15 is 0 Å². The van der Waals surface area contributed by atoms with Crippen molar-refractivity contribution in [2.75, 3.05) is 19.6 Å². The Kier molecular flexibility index (Phi) is 3.99. The third-order valence-corrected chi connectivity index (χ3v) is 4.95. The van der Waals surface area contributed by atoms with Crippen LogP contribution in [0.3, 0.4) is 0 Å². The number of aromatic hydroxyl groups is 1. The second-order valence-corrected chi connectivity index (χ2v) is 6.59. The Hall–Kier alpha value is -1.06. The van der Waals surface area contributed by atoms with Crippen LogP contribution in [-0.2, 0) is 6.42 Å². The van der Waals surface area contributed by atoms with Crippen LogP contribution in [-0.4, -0.2) is 35.7 Å². The summed E-state index contributed by atoms with van der Waals surface area (Å²) >= 11 is 0. The van der Waals surface area contributed by atoms with Gasteiger partial charge in [-0.3, -0.25) is 0 Å². The Morgan fingerprint density at radius 2 is 2.20 bits per heavy atom. The predicted octanol–water partition coefficient (Wildman–Crippen LogP) is 2.70. The molecule has 0 spiro atoms. The van der Waals surface area contributed by atoms with E-state index in [-0.39, 0.29) is 0 Å². The van der Waals surface area contributed by atoms with Gasteiger partial charge in [-0.15, -0.1) is 0 Å². The van der Waals surface area contributed by atoms with Crippen molar-refractivity contribution in [3.05, 3.63) is 29.3 Å². The number of nitrogens with one attached hydrogen (secondary N) is 1. The molecule has 1 fully saturated rings. The topological polar surface area (TPSA) is 35.5 Å². The van der Waals surface area contributed by atoms with Crippen LogP contribution < -0.4 is 5.32 Å². The first kappa shape index (κ1) is 13.9. The Labute approximate surface area is 122 Å². The molecule has 1 saturated heterocycles. The zero-order chi connectivity index (χ0) is 14.1. The number of nitrogens with zero attached hydrogens (tertiary/aromatic N) is 1. The summed E-state index contributed by atoms with van der Waals surface area (Å²) in [5.74, 6) is 1.25. The first-order valence-electron chi connectivity index (χ1n) is 7.93. The van der Waals surface area contributed by atoms with Gasteiger partial charge in [-0.2, -0.15) is 0 Å². The fourth-order valence-corrected chi connectivity index (χ4v) is 3.65. The maximum Gasteiger partial charge on any atom is 0.119 e. The number of likely N-dealkylation sites (tertiary alicyclic amines) is 1. The number of rotatable bonds is 4. The van der Waals surface area contributed by atoms with Gasteiger partial charge in [-0.05, 0) is 69.3 Å². The zero-order valence-corrected chi connectivity index (χ0v) is 12.6. The first-order chi connectivity index (χ1) is 9.65. The van der Waals surface area contributed by atoms with Crippen molar-refractivity contribution in [2.45, 2.75) is 45.2 Å². The number of benzene rings is 1. The second-order valence-electron chi connectivity index (χ2n) is 6.59. The van der Waals surface area contributed by atoms with E-state index in [0.29, 0.717) is 17.8 Å². The highest BCUT2D eigenvalue weighted by Gasteiger charge is 2.27. The van der Waals surface area contributed by atoms with Crippen LogP contribution in [0.2, 0.25) is 0 Å². The first-order valence-corrected chi connectivity index (χ1v) is 7.93. The van der Waals surface area contributed by atoms with Crippen molar-refractivity contribution < 1.29 is 5.11 Å². The minimum atomic E-state index is 0.435. The van der Waals surface area contributed by atoms with E-state index < -0.39 is 0 Å². The van der Waals surface area contributed by atoms with E-state index in [0.717, 1.165) is 30.9 Å². The molecule has 2 aliphatic rings. The normalized spacial score (nSPS) is 26.4. The van der Waals surface area contributed by atoms with Crippen LogP contribution in [0.5, 0.6) is 5.75 Å². The molecule has 2 unspecified atom stereocenters. The fourth-order valence-electron chi connectivity index (χ4n) is 3.65. The molecule has 0 saturated carbocycles. The molecule has 0 amide bonds. The van der Waals surface area contributed by atoms with Crippen LogP contribution in [0, 0.1) is 5.92 Å². The standard InChI is InChI=1S/C17H26N2O/c1-12(2)19-9-8-13(11-19)10-18-16-7-6-15-14(16)4-3-5-17(15)20/h3-5,12-13,16,18,20H,6-11H2,1-2H3. The number of phenolic OH excluding ortho intramolecular Hbond substituents is 1. The molecular formula is C17H26N2O. The lowest BCUT2D eigenvalue weighted by Crippen LogP contribution is -2.31. The third kappa shape index (κ3) is 2.70. The molecule has 3 heteroatoms. The predicted molar refractivity (Wildman–Crippen MR) is 82.0 cm³/mol. The molecule has 3 nitrogen and oxygen atoms in total. The highest BCUT2D eigenvalue weighted by atomic mass is 16.3. The van der Waals surface area contributed by atoms with E-state index in [4.69, 9.17) is 0 Å². The van der Waals surface area contributed by atoms with E-state index in [9.17, 15) is 5.11 Å². The average Bonchev–Trinajstić information content (AvgIpc) is 3.03. The van der Waals surface area contributed by atoms with Crippen molar-refractivity contribution >= 4 is 0 Å². The SMILES string of the molecule is CC(C)N1CCC(CNC2CCc3c(O)cccc32)C1. The molecule has 1 aromatic rings. The van der Waals surface area contributed by atoms with Gasteiger partial charge in [0, 0.05) is 18.6 Å². The zero-order valence-electron chi connectivity index (χ0n) is 12.6. The van der Waals surface area contributed by atoms with E-state index in [1.54, 1.807) is 6.07 Å². The average molecular weight is 274 g/mol. The van der Waals surface area contributed by atoms with Crippen LogP contribution in [0.1, 0.15) is 43.9 Å². The smallest absolute Gasteiger partial charge is 0.119 e. The summed E-state index contributed by atoms with van der Waals surface area (Å²) in [5.41, 5.74) is 2.46. The summed E-state index contributed by atoms with van der Waals surface area (Å²) in [7, 11) is 0. The third-order valence-electron chi connectivity index (χ3n) is 4.95. The van der Waals surface area contributed by atoms with Crippen LogP contribution in [0.15, 0.2) is 18.2 Å². The Morgan fingerprint density at radius 1 is 1.35 bits per heavy atom. The Morgan fingerprint density at radius 3 is 2.95 bits per heavy atom. The summed E-state index contributed by atoms with van der Waals surface area (Å²) in [6, 6.07) is 7.03. The highest BCUT2D eigenvalue weighted by Crippen LogP contribution is 2.36. The maximum atomic E-state index is 9.89. The van der Waals surface area contributed by atoms with Gasteiger partial charge in [0.1, 0.15) is 5.75 Å². The minimum Gasteiger partial charge on any atom is -0.508 e. The van der Waals surface area contributed by atoms with E-state index in [1.807, 2.05) is 6.07 Å². The van der Waals surface area contributed by atoms with Crippen molar-refractivity contribution in [1.29, 1.82) is 0 Å². The van der Waals surface area contributed by atoms with Crippen molar-refractivity contribution in [3.8, 4) is 5.75 Å². The van der Waals surface area contributed by atoms with E-state index in [1.165, 1.54) is 25.1 Å². The Balaban J connectivity index is 1.55. The molecule has 20 heavy (non-hydrogen) atoms. The Bertz CT molecular complexity index is 472. The van der Waals surface area contributed by atoms with Gasteiger partial charge in [-0.25, -0.2) is 0 Å². The van der Waals surface area contributed by atoms with Gasteiger partial charge < -0.3 is 15.3 Å². The lowest BCUT2D eigenvalue weighted by Gasteiger charge is -2.21. The van der Waals surface area contributed by atoms with Crippen LogP contribution in [0.25, 0.3) is 0 Å².